The van der Waals surface area contributed by atoms with Gasteiger partial charge in [0.1, 0.15) is 29.3 Å². The van der Waals surface area contributed by atoms with Gasteiger partial charge in [-0.15, -0.1) is 16.4 Å². The van der Waals surface area contributed by atoms with Crippen LogP contribution in [-0.4, -0.2) is 26.2 Å². The Morgan fingerprint density at radius 2 is 1.65 bits per heavy atom. The van der Waals surface area contributed by atoms with Gasteiger partial charge in [-0.05, 0) is 56.2 Å². The second-order valence-electron chi connectivity index (χ2n) is 7.30. The molecule has 0 saturated heterocycles. The quantitative estimate of drug-likeness (QED) is 0.351. The third kappa shape index (κ3) is 3.72. The van der Waals surface area contributed by atoms with Crippen LogP contribution in [0.5, 0.6) is 11.5 Å². The average molecular weight is 431 g/mol. The van der Waals surface area contributed by atoms with Crippen molar-refractivity contribution < 1.29 is 9.47 Å². The number of aryl methyl sites for hydroxylation is 2. The molecule has 0 unspecified atom stereocenters. The first-order chi connectivity index (χ1) is 15.1. The van der Waals surface area contributed by atoms with Crippen LogP contribution in [0.1, 0.15) is 22.9 Å². The van der Waals surface area contributed by atoms with E-state index in [4.69, 9.17) is 14.5 Å². The van der Waals surface area contributed by atoms with E-state index in [1.165, 1.54) is 10.4 Å². The molecule has 6 nitrogen and oxygen atoms in total. The fourth-order valence-electron chi connectivity index (χ4n) is 3.48. The molecule has 5 aromatic rings. The second-order valence-corrected chi connectivity index (χ2v) is 8.50. The Morgan fingerprint density at radius 1 is 0.935 bits per heavy atom. The molecule has 156 valence electrons. The molecular weight excluding hydrogens is 408 g/mol. The summed E-state index contributed by atoms with van der Waals surface area (Å²) in [5.74, 6) is 2.35. The predicted octanol–water partition coefficient (Wildman–Crippen LogP) is 5.60. The molecule has 0 saturated carbocycles. The maximum atomic E-state index is 5.88. The summed E-state index contributed by atoms with van der Waals surface area (Å²) < 4.78 is 13.1. The lowest BCUT2D eigenvalue weighted by atomic mass is 10.1. The number of hydrogen-bond donors (Lipinski definition) is 0. The number of fused-ring (bicyclic) bond motifs is 3. The standard InChI is InChI=1S/C24H22N4O2S/c1-4-29-19-9-11-20(12-10-19)30-13-17-5-7-18(8-6-17)22-26-23-21-15(2)16(3)31-24(21)25-14-28(23)27-22/h5-12,14H,4,13H2,1-3H3. The van der Waals surface area contributed by atoms with Crippen LogP contribution in [0.15, 0.2) is 54.9 Å². The summed E-state index contributed by atoms with van der Waals surface area (Å²) in [6.45, 7) is 7.34. The van der Waals surface area contributed by atoms with Crippen molar-refractivity contribution in [3.05, 3.63) is 70.9 Å². The number of thiophene rings is 1. The third-order valence-corrected chi connectivity index (χ3v) is 6.37. The summed E-state index contributed by atoms with van der Waals surface area (Å²) in [4.78, 5) is 11.6. The molecule has 0 aliphatic rings. The largest absolute Gasteiger partial charge is 0.494 e. The normalized spacial score (nSPS) is 11.3. The summed E-state index contributed by atoms with van der Waals surface area (Å²) in [5.41, 5.74) is 4.12. The zero-order valence-electron chi connectivity index (χ0n) is 17.6. The molecule has 0 spiro atoms. The molecule has 0 aliphatic carbocycles. The minimum Gasteiger partial charge on any atom is -0.494 e. The molecule has 3 heterocycles. The van der Waals surface area contributed by atoms with Crippen LogP contribution in [0, 0.1) is 13.8 Å². The van der Waals surface area contributed by atoms with Gasteiger partial charge >= 0.3 is 0 Å². The Balaban J connectivity index is 1.35. The lowest BCUT2D eigenvalue weighted by Gasteiger charge is -2.08. The molecule has 2 aromatic carbocycles. The molecule has 31 heavy (non-hydrogen) atoms. The van der Waals surface area contributed by atoms with Gasteiger partial charge in [0, 0.05) is 10.4 Å². The molecule has 7 heteroatoms. The molecule has 0 fully saturated rings. The zero-order valence-corrected chi connectivity index (χ0v) is 18.4. The van der Waals surface area contributed by atoms with Gasteiger partial charge in [-0.1, -0.05) is 24.3 Å². The molecule has 0 aliphatic heterocycles. The molecule has 0 amide bonds. The minimum atomic E-state index is 0.491. The first-order valence-corrected chi connectivity index (χ1v) is 11.0. The van der Waals surface area contributed by atoms with Crippen LogP contribution in [0.3, 0.4) is 0 Å². The van der Waals surface area contributed by atoms with Crippen LogP contribution < -0.4 is 9.47 Å². The number of hydrogen-bond acceptors (Lipinski definition) is 6. The van der Waals surface area contributed by atoms with Gasteiger partial charge in [0.2, 0.25) is 0 Å². The molecule has 0 bridgehead atoms. The zero-order chi connectivity index (χ0) is 21.4. The van der Waals surface area contributed by atoms with Crippen LogP contribution in [0.25, 0.3) is 27.3 Å². The van der Waals surface area contributed by atoms with Gasteiger partial charge < -0.3 is 9.47 Å². The van der Waals surface area contributed by atoms with Crippen molar-refractivity contribution >= 4 is 27.2 Å². The topological polar surface area (TPSA) is 61.5 Å². The molecule has 5 rings (SSSR count). The highest BCUT2D eigenvalue weighted by Crippen LogP contribution is 2.31. The monoisotopic (exact) mass is 430 g/mol. The molecule has 0 atom stereocenters. The Morgan fingerprint density at radius 3 is 2.35 bits per heavy atom. The van der Waals surface area contributed by atoms with Crippen molar-refractivity contribution in [2.24, 2.45) is 0 Å². The predicted molar refractivity (Wildman–Crippen MR) is 123 cm³/mol. The Bertz CT molecular complexity index is 1350. The highest BCUT2D eigenvalue weighted by atomic mass is 32.1. The molecule has 0 N–H and O–H groups in total. The van der Waals surface area contributed by atoms with E-state index >= 15 is 0 Å². The van der Waals surface area contributed by atoms with E-state index in [1.807, 2.05) is 55.5 Å². The fraction of sp³-hybridized carbons (Fsp3) is 0.208. The van der Waals surface area contributed by atoms with Crippen molar-refractivity contribution in [1.82, 2.24) is 19.6 Å². The van der Waals surface area contributed by atoms with Crippen LogP contribution >= 0.6 is 11.3 Å². The lowest BCUT2D eigenvalue weighted by molar-refractivity contribution is 0.304. The Labute approximate surface area is 184 Å². The second kappa shape index (κ2) is 8.00. The first kappa shape index (κ1) is 19.5. The van der Waals surface area contributed by atoms with Crippen molar-refractivity contribution in [2.45, 2.75) is 27.4 Å². The summed E-state index contributed by atoms with van der Waals surface area (Å²) >= 11 is 1.69. The first-order valence-electron chi connectivity index (χ1n) is 10.2. The maximum Gasteiger partial charge on any atom is 0.182 e. The van der Waals surface area contributed by atoms with E-state index in [0.29, 0.717) is 19.0 Å². The Hall–Kier alpha value is -3.45. The van der Waals surface area contributed by atoms with Crippen molar-refractivity contribution in [3.63, 3.8) is 0 Å². The summed E-state index contributed by atoms with van der Waals surface area (Å²) in [7, 11) is 0. The van der Waals surface area contributed by atoms with Crippen molar-refractivity contribution in [1.29, 1.82) is 0 Å². The maximum absolute atomic E-state index is 5.88. The number of rotatable bonds is 6. The van der Waals surface area contributed by atoms with Gasteiger partial charge in [-0.2, -0.15) is 0 Å². The summed E-state index contributed by atoms with van der Waals surface area (Å²) in [5, 5.41) is 5.72. The van der Waals surface area contributed by atoms with Crippen LogP contribution in [0.4, 0.5) is 0 Å². The summed E-state index contributed by atoms with van der Waals surface area (Å²) in [6.07, 6.45) is 1.74. The van der Waals surface area contributed by atoms with E-state index in [1.54, 1.807) is 22.2 Å². The van der Waals surface area contributed by atoms with E-state index in [0.717, 1.165) is 38.5 Å². The van der Waals surface area contributed by atoms with Crippen molar-refractivity contribution in [3.8, 4) is 22.9 Å². The lowest BCUT2D eigenvalue weighted by Crippen LogP contribution is -1.96. The van der Waals surface area contributed by atoms with Gasteiger partial charge in [0.25, 0.3) is 0 Å². The highest BCUT2D eigenvalue weighted by molar-refractivity contribution is 7.18. The third-order valence-electron chi connectivity index (χ3n) is 5.26. The van der Waals surface area contributed by atoms with Gasteiger partial charge in [-0.25, -0.2) is 14.5 Å². The minimum absolute atomic E-state index is 0.491. The Kier molecular flexibility index (Phi) is 5.03. The number of nitrogens with zero attached hydrogens (tertiary/aromatic N) is 4. The van der Waals surface area contributed by atoms with Crippen LogP contribution in [0.2, 0.25) is 0 Å². The average Bonchev–Trinajstić information content (AvgIpc) is 3.34. The van der Waals surface area contributed by atoms with Crippen molar-refractivity contribution in [2.75, 3.05) is 6.61 Å². The van der Waals surface area contributed by atoms with Crippen LogP contribution in [-0.2, 0) is 6.61 Å². The molecular formula is C24H22N4O2S. The number of ether oxygens (including phenoxy) is 2. The molecule has 3 aromatic heterocycles. The van der Waals surface area contributed by atoms with E-state index < -0.39 is 0 Å². The van der Waals surface area contributed by atoms with E-state index in [-0.39, 0.29) is 0 Å². The number of benzene rings is 2. The molecule has 0 radical (unpaired) electrons. The smallest absolute Gasteiger partial charge is 0.182 e. The van der Waals surface area contributed by atoms with E-state index in [2.05, 4.69) is 23.9 Å². The van der Waals surface area contributed by atoms with Gasteiger partial charge in [-0.3, -0.25) is 0 Å². The van der Waals surface area contributed by atoms with E-state index in [9.17, 15) is 0 Å². The van der Waals surface area contributed by atoms with Gasteiger partial charge in [0.05, 0.1) is 12.0 Å². The van der Waals surface area contributed by atoms with Gasteiger partial charge in [0.15, 0.2) is 11.5 Å². The number of aromatic nitrogens is 4. The summed E-state index contributed by atoms with van der Waals surface area (Å²) in [6, 6.07) is 15.8. The fourth-order valence-corrected chi connectivity index (χ4v) is 4.47. The SMILES string of the molecule is CCOc1ccc(OCc2ccc(-c3nc4c5c(C)c(C)sc5ncn4n3)cc2)cc1. The highest BCUT2D eigenvalue weighted by Gasteiger charge is 2.15.